The topological polar surface area (TPSA) is 83.0 Å². The largest absolute Gasteiger partial charge is 0.394 e. The molecule has 0 saturated carbocycles. The van der Waals surface area contributed by atoms with Gasteiger partial charge in [0.1, 0.15) is 11.6 Å². The number of hydrogen-bond donors (Lipinski definition) is 3. The minimum absolute atomic E-state index is 0.0522. The summed E-state index contributed by atoms with van der Waals surface area (Å²) in [4.78, 5) is 13.3. The zero-order valence-electron chi connectivity index (χ0n) is 15.5. The highest BCUT2D eigenvalue weighted by Crippen LogP contribution is 2.25. The Kier molecular flexibility index (Phi) is 6.74. The number of aliphatic hydroxyl groups is 1. The molecule has 6 nitrogen and oxygen atoms in total. The van der Waals surface area contributed by atoms with Gasteiger partial charge in [0.05, 0.1) is 29.7 Å². The highest BCUT2D eigenvalue weighted by atomic mass is 127. The highest BCUT2D eigenvalue weighted by Gasteiger charge is 2.16. The first-order valence-corrected chi connectivity index (χ1v) is 9.94. The Morgan fingerprint density at radius 1 is 1.11 bits per heavy atom. The van der Waals surface area contributed by atoms with E-state index in [1.165, 1.54) is 6.07 Å². The quantitative estimate of drug-likeness (QED) is 0.422. The molecule has 0 unspecified atom stereocenters. The monoisotopic (exact) mass is 493 g/mol. The number of benzene rings is 1. The van der Waals surface area contributed by atoms with Gasteiger partial charge in [0.15, 0.2) is 0 Å². The Hall–Kier alpha value is -2.33. The summed E-state index contributed by atoms with van der Waals surface area (Å²) in [7, 11) is 0. The minimum atomic E-state index is -0.366. The summed E-state index contributed by atoms with van der Waals surface area (Å²) in [6.45, 7) is 3.94. The van der Waals surface area contributed by atoms with E-state index in [1.54, 1.807) is 18.3 Å². The third kappa shape index (κ3) is 5.14. The first-order chi connectivity index (χ1) is 13.5. The van der Waals surface area contributed by atoms with Crippen LogP contribution in [0.25, 0.3) is 11.4 Å². The number of aromatic nitrogens is 3. The zero-order chi connectivity index (χ0) is 20.1. The number of halogens is 2. The summed E-state index contributed by atoms with van der Waals surface area (Å²) in [6, 6.07) is 12.0. The van der Waals surface area contributed by atoms with Crippen molar-refractivity contribution in [3.05, 3.63) is 58.0 Å². The molecular formula is C20H21FIN5O. The second kappa shape index (κ2) is 9.24. The van der Waals surface area contributed by atoms with Crippen molar-refractivity contribution in [1.82, 2.24) is 15.0 Å². The smallest absolute Gasteiger partial charge is 0.225 e. The van der Waals surface area contributed by atoms with E-state index in [1.807, 2.05) is 38.1 Å². The van der Waals surface area contributed by atoms with Crippen LogP contribution < -0.4 is 10.6 Å². The maximum Gasteiger partial charge on any atom is 0.225 e. The molecule has 3 N–H and O–H groups in total. The lowest BCUT2D eigenvalue weighted by molar-refractivity contribution is 0.248. The van der Waals surface area contributed by atoms with E-state index in [0.29, 0.717) is 28.8 Å². The predicted octanol–water partition coefficient (Wildman–Crippen LogP) is 4.45. The molecule has 0 spiro atoms. The van der Waals surface area contributed by atoms with Crippen molar-refractivity contribution < 1.29 is 9.50 Å². The number of nitrogens with one attached hydrogen (secondary N) is 2. The van der Waals surface area contributed by atoms with Crippen molar-refractivity contribution in [3.8, 4) is 11.4 Å². The first kappa shape index (κ1) is 20.4. The van der Waals surface area contributed by atoms with Crippen LogP contribution in [-0.4, -0.2) is 32.7 Å². The predicted molar refractivity (Wildman–Crippen MR) is 117 cm³/mol. The molecule has 0 aliphatic rings. The number of anilines is 3. The van der Waals surface area contributed by atoms with Gasteiger partial charge in [0.25, 0.3) is 0 Å². The molecule has 0 bridgehead atoms. The minimum Gasteiger partial charge on any atom is -0.394 e. The van der Waals surface area contributed by atoms with E-state index in [9.17, 15) is 9.50 Å². The second-order valence-electron chi connectivity index (χ2n) is 6.60. The van der Waals surface area contributed by atoms with E-state index in [-0.39, 0.29) is 24.4 Å². The summed E-state index contributed by atoms with van der Waals surface area (Å²) in [6.07, 6.45) is 1.68. The van der Waals surface area contributed by atoms with Crippen molar-refractivity contribution in [2.75, 3.05) is 17.2 Å². The molecule has 1 aromatic carbocycles. The van der Waals surface area contributed by atoms with Gasteiger partial charge in [-0.2, -0.15) is 4.98 Å². The molecule has 0 aliphatic heterocycles. The molecular weight excluding hydrogens is 472 g/mol. The molecule has 0 fully saturated rings. The lowest BCUT2D eigenvalue weighted by atomic mass is 10.1. The van der Waals surface area contributed by atoms with Crippen LogP contribution in [-0.2, 0) is 0 Å². The fraction of sp³-hybridized carbons (Fsp3) is 0.250. The number of hydrogen-bond acceptors (Lipinski definition) is 6. The Bertz CT molecular complexity index is 939. The molecule has 0 aliphatic carbocycles. The molecule has 146 valence electrons. The SMILES string of the molecule is CC(C)[C@H](CO)Nc1nc(Nc2ccc(I)cc2F)cc(-c2ccccn2)n1. The Labute approximate surface area is 176 Å². The maximum atomic E-state index is 14.3. The zero-order valence-corrected chi connectivity index (χ0v) is 17.7. The molecule has 3 aromatic rings. The van der Waals surface area contributed by atoms with Crippen LogP contribution in [0, 0.1) is 15.3 Å². The first-order valence-electron chi connectivity index (χ1n) is 8.86. The van der Waals surface area contributed by atoms with E-state index in [2.05, 4.69) is 48.2 Å². The van der Waals surface area contributed by atoms with Gasteiger partial charge in [0, 0.05) is 15.8 Å². The van der Waals surface area contributed by atoms with E-state index in [0.717, 1.165) is 3.57 Å². The number of pyridine rings is 1. The Morgan fingerprint density at radius 3 is 2.57 bits per heavy atom. The van der Waals surface area contributed by atoms with Crippen LogP contribution in [0.2, 0.25) is 0 Å². The van der Waals surface area contributed by atoms with Crippen LogP contribution in [0.4, 0.5) is 21.8 Å². The normalized spacial score (nSPS) is 12.1. The summed E-state index contributed by atoms with van der Waals surface area (Å²) in [5.41, 5.74) is 1.58. The average molecular weight is 493 g/mol. The standard InChI is InChI=1S/C20H21FIN5O/c1-12(2)18(11-28)26-20-25-17(16-5-3-4-8-23-16)10-19(27-20)24-15-7-6-13(22)9-14(15)21/h3-10,12,18,28H,11H2,1-2H3,(H2,24,25,26,27)/t18-/m0/s1. The van der Waals surface area contributed by atoms with Crippen molar-refractivity contribution in [3.63, 3.8) is 0 Å². The fourth-order valence-corrected chi connectivity index (χ4v) is 2.99. The third-order valence-corrected chi connectivity index (χ3v) is 4.83. The van der Waals surface area contributed by atoms with Gasteiger partial charge < -0.3 is 15.7 Å². The van der Waals surface area contributed by atoms with Crippen LogP contribution >= 0.6 is 22.6 Å². The van der Waals surface area contributed by atoms with Crippen molar-refractivity contribution in [2.24, 2.45) is 5.92 Å². The van der Waals surface area contributed by atoms with Crippen molar-refractivity contribution in [2.45, 2.75) is 19.9 Å². The van der Waals surface area contributed by atoms with Gasteiger partial charge in [-0.3, -0.25) is 4.98 Å². The Balaban J connectivity index is 1.99. The molecule has 1 atom stereocenters. The lowest BCUT2D eigenvalue weighted by Gasteiger charge is -2.20. The summed E-state index contributed by atoms with van der Waals surface area (Å²) in [5.74, 6) is 0.579. The summed E-state index contributed by atoms with van der Waals surface area (Å²) < 4.78 is 15.1. The lowest BCUT2D eigenvalue weighted by Crippen LogP contribution is -2.30. The van der Waals surface area contributed by atoms with Gasteiger partial charge in [-0.05, 0) is 58.8 Å². The average Bonchev–Trinajstić information content (AvgIpc) is 2.68. The number of nitrogens with zero attached hydrogens (tertiary/aromatic N) is 3. The van der Waals surface area contributed by atoms with Crippen LogP contribution in [0.15, 0.2) is 48.7 Å². The number of rotatable bonds is 7. The molecule has 28 heavy (non-hydrogen) atoms. The van der Waals surface area contributed by atoms with E-state index >= 15 is 0 Å². The van der Waals surface area contributed by atoms with Gasteiger partial charge in [-0.15, -0.1) is 0 Å². The molecule has 2 aromatic heterocycles. The molecule has 0 radical (unpaired) electrons. The highest BCUT2D eigenvalue weighted by molar-refractivity contribution is 14.1. The van der Waals surface area contributed by atoms with Crippen LogP contribution in [0.1, 0.15) is 13.8 Å². The molecule has 3 rings (SSSR count). The van der Waals surface area contributed by atoms with Gasteiger partial charge in [-0.25, -0.2) is 9.37 Å². The third-order valence-electron chi connectivity index (χ3n) is 4.16. The van der Waals surface area contributed by atoms with Crippen molar-refractivity contribution >= 4 is 40.0 Å². The summed E-state index contributed by atoms with van der Waals surface area (Å²) in [5, 5.41) is 15.8. The van der Waals surface area contributed by atoms with Gasteiger partial charge >= 0.3 is 0 Å². The molecule has 0 amide bonds. The van der Waals surface area contributed by atoms with E-state index in [4.69, 9.17) is 0 Å². The van der Waals surface area contributed by atoms with Crippen LogP contribution in [0.3, 0.4) is 0 Å². The molecule has 2 heterocycles. The number of aliphatic hydroxyl groups excluding tert-OH is 1. The Morgan fingerprint density at radius 2 is 1.93 bits per heavy atom. The van der Waals surface area contributed by atoms with E-state index < -0.39 is 0 Å². The van der Waals surface area contributed by atoms with Gasteiger partial charge in [-0.1, -0.05) is 19.9 Å². The van der Waals surface area contributed by atoms with Crippen molar-refractivity contribution in [1.29, 1.82) is 0 Å². The summed E-state index contributed by atoms with van der Waals surface area (Å²) >= 11 is 2.06. The maximum absolute atomic E-state index is 14.3. The molecule has 0 saturated heterocycles. The van der Waals surface area contributed by atoms with Gasteiger partial charge in [0.2, 0.25) is 5.95 Å². The molecule has 8 heteroatoms. The van der Waals surface area contributed by atoms with Crippen LogP contribution in [0.5, 0.6) is 0 Å². The second-order valence-corrected chi connectivity index (χ2v) is 7.85. The fourth-order valence-electron chi connectivity index (χ4n) is 2.54.